The quantitative estimate of drug-likeness (QED) is 0.455. The average molecular weight is 450 g/mol. The van der Waals surface area contributed by atoms with Gasteiger partial charge in [-0.2, -0.15) is 5.26 Å². The fourth-order valence-corrected chi connectivity index (χ4v) is 4.74. The monoisotopic (exact) mass is 449 g/mol. The summed E-state index contributed by atoms with van der Waals surface area (Å²) in [5.41, 5.74) is 3.39. The van der Waals surface area contributed by atoms with Crippen LogP contribution in [-0.4, -0.2) is 31.1 Å². The van der Waals surface area contributed by atoms with Crippen molar-refractivity contribution in [3.63, 3.8) is 0 Å². The first-order valence-electron chi connectivity index (χ1n) is 10.7. The molecule has 0 bridgehead atoms. The summed E-state index contributed by atoms with van der Waals surface area (Å²) in [5, 5.41) is 21.7. The normalized spacial score (nSPS) is 13.4. The molecule has 1 amide bonds. The Morgan fingerprint density at radius 3 is 2.59 bits per heavy atom. The SMILES string of the molecule is CC(C)(C)c1nnc(SCC(=O)Nc2c(C#N)c3c(n2-c2ccccc2)CCCC3)n1N. The molecule has 0 spiro atoms. The highest BCUT2D eigenvalue weighted by molar-refractivity contribution is 7.99. The second kappa shape index (κ2) is 8.71. The predicted octanol–water partition coefficient (Wildman–Crippen LogP) is 3.56. The molecule has 2 heterocycles. The molecule has 3 aromatic rings. The van der Waals surface area contributed by atoms with Gasteiger partial charge in [-0.15, -0.1) is 10.2 Å². The van der Waals surface area contributed by atoms with Crippen molar-refractivity contribution >= 4 is 23.5 Å². The molecule has 0 fully saturated rings. The molecule has 0 atom stereocenters. The highest BCUT2D eigenvalue weighted by Crippen LogP contribution is 2.35. The first-order chi connectivity index (χ1) is 15.3. The second-order valence-corrected chi connectivity index (χ2v) is 9.84. The van der Waals surface area contributed by atoms with Gasteiger partial charge in [0.25, 0.3) is 0 Å². The van der Waals surface area contributed by atoms with Crippen LogP contribution in [0.4, 0.5) is 5.82 Å². The van der Waals surface area contributed by atoms with Crippen molar-refractivity contribution in [3.05, 3.63) is 53.0 Å². The summed E-state index contributed by atoms with van der Waals surface area (Å²) < 4.78 is 3.46. The highest BCUT2D eigenvalue weighted by atomic mass is 32.2. The van der Waals surface area contributed by atoms with Crippen molar-refractivity contribution in [2.24, 2.45) is 0 Å². The number of para-hydroxylation sites is 1. The maximum atomic E-state index is 12.9. The minimum atomic E-state index is -0.250. The molecule has 9 heteroatoms. The number of nitrogens with two attached hydrogens (primary N) is 1. The lowest BCUT2D eigenvalue weighted by Crippen LogP contribution is -2.24. The Balaban J connectivity index is 1.61. The molecule has 3 N–H and O–H groups in total. The molecule has 0 saturated carbocycles. The van der Waals surface area contributed by atoms with Crippen LogP contribution in [0.5, 0.6) is 0 Å². The summed E-state index contributed by atoms with van der Waals surface area (Å²) >= 11 is 1.22. The molecule has 1 aliphatic carbocycles. The molecular weight excluding hydrogens is 422 g/mol. The number of nitrogens with one attached hydrogen (secondary N) is 1. The van der Waals surface area contributed by atoms with Crippen molar-refractivity contribution in [3.8, 4) is 11.8 Å². The largest absolute Gasteiger partial charge is 0.336 e. The lowest BCUT2D eigenvalue weighted by molar-refractivity contribution is -0.113. The third kappa shape index (κ3) is 4.10. The van der Waals surface area contributed by atoms with E-state index >= 15 is 0 Å². The molecule has 0 radical (unpaired) electrons. The number of nitrogens with zero attached hydrogens (tertiary/aromatic N) is 5. The highest BCUT2D eigenvalue weighted by Gasteiger charge is 2.27. The van der Waals surface area contributed by atoms with Crippen molar-refractivity contribution in [1.82, 2.24) is 19.4 Å². The van der Waals surface area contributed by atoms with Gasteiger partial charge in [0.2, 0.25) is 11.1 Å². The smallest absolute Gasteiger partial charge is 0.236 e. The van der Waals surface area contributed by atoms with E-state index in [-0.39, 0.29) is 17.1 Å². The summed E-state index contributed by atoms with van der Waals surface area (Å²) in [6, 6.07) is 12.2. The number of anilines is 1. The van der Waals surface area contributed by atoms with E-state index in [1.54, 1.807) is 0 Å². The maximum Gasteiger partial charge on any atom is 0.236 e. The van der Waals surface area contributed by atoms with E-state index in [0.717, 1.165) is 42.6 Å². The van der Waals surface area contributed by atoms with Gasteiger partial charge in [-0.25, -0.2) is 4.68 Å². The Morgan fingerprint density at radius 2 is 1.94 bits per heavy atom. The number of thioether (sulfide) groups is 1. The number of hydrogen-bond acceptors (Lipinski definition) is 6. The maximum absolute atomic E-state index is 12.9. The van der Waals surface area contributed by atoms with Gasteiger partial charge in [0, 0.05) is 16.8 Å². The zero-order chi connectivity index (χ0) is 22.9. The Bertz CT molecular complexity index is 1180. The molecule has 0 aliphatic heterocycles. The van der Waals surface area contributed by atoms with Crippen LogP contribution in [0.2, 0.25) is 0 Å². The summed E-state index contributed by atoms with van der Waals surface area (Å²) in [4.78, 5) is 12.9. The third-order valence-electron chi connectivity index (χ3n) is 5.52. The lowest BCUT2D eigenvalue weighted by atomic mass is 9.95. The number of carbonyl (C=O) groups excluding carboxylic acids is 1. The zero-order valence-corrected chi connectivity index (χ0v) is 19.4. The van der Waals surface area contributed by atoms with Crippen molar-refractivity contribution in [2.45, 2.75) is 57.0 Å². The van der Waals surface area contributed by atoms with E-state index in [9.17, 15) is 10.1 Å². The van der Waals surface area contributed by atoms with Crippen LogP contribution in [0.15, 0.2) is 35.5 Å². The van der Waals surface area contributed by atoms with E-state index < -0.39 is 0 Å². The summed E-state index contributed by atoms with van der Waals surface area (Å²) in [6.07, 6.45) is 3.85. The summed E-state index contributed by atoms with van der Waals surface area (Å²) in [7, 11) is 0. The van der Waals surface area contributed by atoms with E-state index in [1.807, 2.05) is 55.7 Å². The Hall–Kier alpha value is -3.25. The van der Waals surface area contributed by atoms with Gasteiger partial charge in [0.1, 0.15) is 11.9 Å². The molecule has 1 aromatic carbocycles. The first-order valence-corrected chi connectivity index (χ1v) is 11.7. The summed E-state index contributed by atoms with van der Waals surface area (Å²) in [6.45, 7) is 6.01. The van der Waals surface area contributed by atoms with Crippen LogP contribution < -0.4 is 11.2 Å². The number of nitrogen functional groups attached to an aromatic ring is 1. The van der Waals surface area contributed by atoms with Crippen LogP contribution in [0.1, 0.15) is 56.3 Å². The van der Waals surface area contributed by atoms with Gasteiger partial charge in [0.15, 0.2) is 5.82 Å². The number of fused-ring (bicyclic) bond motifs is 1. The Morgan fingerprint density at radius 1 is 1.22 bits per heavy atom. The lowest BCUT2D eigenvalue weighted by Gasteiger charge is -2.17. The minimum absolute atomic E-state index is 0.106. The topological polar surface area (TPSA) is 115 Å². The molecule has 4 rings (SSSR count). The van der Waals surface area contributed by atoms with E-state index in [2.05, 4.69) is 21.6 Å². The Kier molecular flexibility index (Phi) is 5.98. The molecular formula is C23H27N7OS. The van der Waals surface area contributed by atoms with E-state index in [1.165, 1.54) is 16.4 Å². The average Bonchev–Trinajstić information content (AvgIpc) is 3.29. The van der Waals surface area contributed by atoms with Gasteiger partial charge in [-0.1, -0.05) is 50.7 Å². The number of aromatic nitrogens is 4. The zero-order valence-electron chi connectivity index (χ0n) is 18.6. The van der Waals surface area contributed by atoms with Crippen molar-refractivity contribution in [2.75, 3.05) is 16.9 Å². The van der Waals surface area contributed by atoms with Gasteiger partial charge in [-0.05, 0) is 43.4 Å². The molecule has 1 aliphatic rings. The first kappa shape index (κ1) is 22.0. The molecule has 32 heavy (non-hydrogen) atoms. The standard InChI is InChI=1S/C23H27N7OS/c1-23(2,3)21-27-28-22(30(21)25)32-14-19(31)26-20-17(13-24)16-11-7-8-12-18(16)29(20)15-9-5-4-6-10-15/h4-6,9-10H,7-8,11-12,14,25H2,1-3H3,(H,26,31). The molecule has 0 unspecified atom stereocenters. The second-order valence-electron chi connectivity index (χ2n) is 8.90. The molecule has 0 saturated heterocycles. The molecule has 2 aromatic heterocycles. The van der Waals surface area contributed by atoms with Crippen LogP contribution in [0.25, 0.3) is 5.69 Å². The van der Waals surface area contributed by atoms with E-state index in [0.29, 0.717) is 22.4 Å². The third-order valence-corrected chi connectivity index (χ3v) is 6.47. The van der Waals surface area contributed by atoms with Crippen LogP contribution in [0.3, 0.4) is 0 Å². The van der Waals surface area contributed by atoms with Gasteiger partial charge in [-0.3, -0.25) is 9.36 Å². The fourth-order valence-electron chi connectivity index (χ4n) is 4.08. The number of amides is 1. The van der Waals surface area contributed by atoms with Gasteiger partial charge in [0.05, 0.1) is 11.3 Å². The van der Waals surface area contributed by atoms with Crippen LogP contribution in [0, 0.1) is 11.3 Å². The number of benzene rings is 1. The van der Waals surface area contributed by atoms with Crippen molar-refractivity contribution in [1.29, 1.82) is 5.26 Å². The Labute approximate surface area is 191 Å². The minimum Gasteiger partial charge on any atom is -0.336 e. The fraction of sp³-hybridized carbons (Fsp3) is 0.391. The van der Waals surface area contributed by atoms with E-state index in [4.69, 9.17) is 5.84 Å². The van der Waals surface area contributed by atoms with Gasteiger partial charge >= 0.3 is 0 Å². The summed E-state index contributed by atoms with van der Waals surface area (Å²) in [5.74, 6) is 7.21. The van der Waals surface area contributed by atoms with Crippen molar-refractivity contribution < 1.29 is 4.79 Å². The number of nitriles is 1. The van der Waals surface area contributed by atoms with Crippen LogP contribution in [-0.2, 0) is 23.1 Å². The van der Waals surface area contributed by atoms with Gasteiger partial charge < -0.3 is 11.2 Å². The number of carbonyl (C=O) groups is 1. The molecule has 8 nitrogen and oxygen atoms in total. The van der Waals surface area contributed by atoms with Crippen LogP contribution >= 0.6 is 11.8 Å². The molecule has 166 valence electrons. The number of hydrogen-bond donors (Lipinski definition) is 2. The number of rotatable bonds is 5. The predicted molar refractivity (Wildman–Crippen MR) is 125 cm³/mol.